The summed E-state index contributed by atoms with van der Waals surface area (Å²) < 4.78 is 7.97. The van der Waals surface area contributed by atoms with Crippen molar-refractivity contribution in [1.29, 1.82) is 0 Å². The summed E-state index contributed by atoms with van der Waals surface area (Å²) in [6.45, 7) is 2.70. The first kappa shape index (κ1) is 18.5. The Morgan fingerprint density at radius 3 is 2.46 bits per heavy atom. The molecule has 3 heterocycles. The molecule has 0 N–H and O–H groups in total. The van der Waals surface area contributed by atoms with Crippen LogP contribution in [0.15, 0.2) is 59.6 Å². The highest BCUT2D eigenvalue weighted by Gasteiger charge is 2.24. The number of methoxy groups -OCH3 is 1. The third-order valence-electron chi connectivity index (χ3n) is 4.80. The fourth-order valence-corrected chi connectivity index (χ4v) is 3.66. The zero-order valence-electron chi connectivity index (χ0n) is 15.5. The van der Waals surface area contributed by atoms with E-state index in [1.54, 1.807) is 19.5 Å². The normalized spacial score (nSPS) is 14.2. The summed E-state index contributed by atoms with van der Waals surface area (Å²) in [6.07, 6.45) is 5.49. The summed E-state index contributed by atoms with van der Waals surface area (Å²) in [6, 6.07) is 11.3. The molecule has 0 atom stereocenters. The largest absolute Gasteiger partial charge is 0.497 e. The molecular weight excluding hydrogens is 422 g/mol. The maximum atomic E-state index is 12.9. The van der Waals surface area contributed by atoms with E-state index in [0.29, 0.717) is 24.4 Å². The molecule has 1 aromatic carbocycles. The van der Waals surface area contributed by atoms with Crippen molar-refractivity contribution >= 4 is 27.7 Å². The van der Waals surface area contributed by atoms with Crippen molar-refractivity contribution in [3.63, 3.8) is 0 Å². The van der Waals surface area contributed by atoms with Gasteiger partial charge in [0, 0.05) is 49.1 Å². The maximum absolute atomic E-state index is 12.9. The van der Waals surface area contributed by atoms with Crippen molar-refractivity contribution in [2.24, 2.45) is 0 Å². The van der Waals surface area contributed by atoms with Gasteiger partial charge in [0.25, 0.3) is 5.91 Å². The summed E-state index contributed by atoms with van der Waals surface area (Å²) >= 11 is 3.47. The number of aromatic nitrogens is 3. The predicted molar refractivity (Wildman–Crippen MR) is 110 cm³/mol. The van der Waals surface area contributed by atoms with Crippen LogP contribution in [0.4, 0.5) is 5.82 Å². The molecule has 1 aliphatic heterocycles. The molecule has 0 radical (unpaired) electrons. The lowest BCUT2D eigenvalue weighted by Crippen LogP contribution is -2.49. The number of carbonyl (C=O) groups excluding carboxylic acids is 1. The van der Waals surface area contributed by atoms with Gasteiger partial charge < -0.3 is 19.1 Å². The van der Waals surface area contributed by atoms with E-state index >= 15 is 0 Å². The van der Waals surface area contributed by atoms with E-state index in [-0.39, 0.29) is 5.91 Å². The summed E-state index contributed by atoms with van der Waals surface area (Å²) in [5.74, 6) is 2.37. The number of halogens is 1. The topological polar surface area (TPSA) is 63.5 Å². The number of anilines is 1. The van der Waals surface area contributed by atoms with Gasteiger partial charge in [0.15, 0.2) is 0 Å². The lowest BCUT2D eigenvalue weighted by Gasteiger charge is -2.35. The van der Waals surface area contributed by atoms with Crippen LogP contribution >= 0.6 is 15.9 Å². The fourth-order valence-electron chi connectivity index (χ4n) is 3.24. The third-order valence-corrected chi connectivity index (χ3v) is 5.49. The molecule has 0 unspecified atom stereocenters. The molecule has 1 aliphatic rings. The molecule has 1 amide bonds. The molecule has 28 heavy (non-hydrogen) atoms. The monoisotopic (exact) mass is 441 g/mol. The van der Waals surface area contributed by atoms with Gasteiger partial charge in [-0.2, -0.15) is 0 Å². The van der Waals surface area contributed by atoms with Crippen molar-refractivity contribution < 1.29 is 9.53 Å². The van der Waals surface area contributed by atoms with Crippen LogP contribution in [-0.4, -0.2) is 58.6 Å². The van der Waals surface area contributed by atoms with Gasteiger partial charge >= 0.3 is 0 Å². The van der Waals surface area contributed by atoms with Gasteiger partial charge in [0.05, 0.1) is 12.7 Å². The van der Waals surface area contributed by atoms with Crippen LogP contribution in [0.3, 0.4) is 0 Å². The number of benzene rings is 1. The van der Waals surface area contributed by atoms with Crippen LogP contribution in [0.1, 0.15) is 10.4 Å². The Morgan fingerprint density at radius 2 is 1.75 bits per heavy atom. The molecule has 0 spiro atoms. The Bertz CT molecular complexity index is 968. The first-order valence-corrected chi connectivity index (χ1v) is 9.78. The van der Waals surface area contributed by atoms with Crippen molar-refractivity contribution in [2.75, 3.05) is 38.2 Å². The van der Waals surface area contributed by atoms with E-state index in [2.05, 4.69) is 30.8 Å². The molecule has 7 nitrogen and oxygen atoms in total. The van der Waals surface area contributed by atoms with Crippen LogP contribution in [0.2, 0.25) is 0 Å². The minimum absolute atomic E-state index is 0.00106. The number of rotatable bonds is 4. The molecular formula is C20H20BrN5O2. The minimum atomic E-state index is 0.00106. The van der Waals surface area contributed by atoms with Gasteiger partial charge in [-0.05, 0) is 46.3 Å². The lowest BCUT2D eigenvalue weighted by molar-refractivity contribution is 0.0745. The second-order valence-corrected chi connectivity index (χ2v) is 7.30. The second kappa shape index (κ2) is 8.02. The second-order valence-electron chi connectivity index (χ2n) is 6.45. The number of piperazine rings is 1. The Labute approximate surface area is 171 Å². The van der Waals surface area contributed by atoms with Gasteiger partial charge in [-0.25, -0.2) is 9.97 Å². The van der Waals surface area contributed by atoms with E-state index in [1.165, 1.54) is 0 Å². The maximum Gasteiger partial charge on any atom is 0.255 e. The molecule has 0 bridgehead atoms. The fraction of sp³-hybridized carbons (Fsp3) is 0.250. The molecule has 144 valence electrons. The van der Waals surface area contributed by atoms with Gasteiger partial charge in [0.2, 0.25) is 0 Å². The van der Waals surface area contributed by atoms with Gasteiger partial charge in [-0.15, -0.1) is 0 Å². The van der Waals surface area contributed by atoms with Crippen LogP contribution in [0.25, 0.3) is 5.82 Å². The summed E-state index contributed by atoms with van der Waals surface area (Å²) in [4.78, 5) is 25.7. The molecule has 4 rings (SSSR count). The van der Waals surface area contributed by atoms with Crippen LogP contribution in [-0.2, 0) is 0 Å². The Hall–Kier alpha value is -2.87. The number of amides is 1. The van der Waals surface area contributed by atoms with Gasteiger partial charge in [0.1, 0.15) is 23.7 Å². The highest BCUT2D eigenvalue weighted by Crippen LogP contribution is 2.25. The number of hydrogen-bond donors (Lipinski definition) is 0. The van der Waals surface area contributed by atoms with Crippen LogP contribution < -0.4 is 9.64 Å². The lowest BCUT2D eigenvalue weighted by atomic mass is 10.1. The standard InChI is InChI=1S/C20H20BrN5O2/c1-28-15-4-5-17(21)16(12-15)20(27)26-10-8-25(9-11-26)19-13-18(22-14-23-19)24-6-2-3-7-24/h2-7,12-14H,8-11H2,1H3. The molecule has 2 aromatic heterocycles. The Balaban J connectivity index is 1.45. The molecule has 0 saturated carbocycles. The highest BCUT2D eigenvalue weighted by atomic mass is 79.9. The van der Waals surface area contributed by atoms with Crippen LogP contribution in [0.5, 0.6) is 5.75 Å². The number of carbonyl (C=O) groups is 1. The summed E-state index contributed by atoms with van der Waals surface area (Å²) in [5.41, 5.74) is 0.615. The summed E-state index contributed by atoms with van der Waals surface area (Å²) in [7, 11) is 1.60. The van der Waals surface area contributed by atoms with Crippen molar-refractivity contribution in [1.82, 2.24) is 19.4 Å². The van der Waals surface area contributed by atoms with E-state index in [0.717, 1.165) is 29.2 Å². The first-order chi connectivity index (χ1) is 13.7. The molecule has 0 aliphatic carbocycles. The quantitative estimate of drug-likeness (QED) is 0.622. The van der Waals surface area contributed by atoms with Gasteiger partial charge in [-0.3, -0.25) is 4.79 Å². The number of nitrogens with zero attached hydrogens (tertiary/aromatic N) is 5. The van der Waals surface area contributed by atoms with Crippen LogP contribution in [0, 0.1) is 0 Å². The molecule has 3 aromatic rings. The number of hydrogen-bond acceptors (Lipinski definition) is 5. The highest BCUT2D eigenvalue weighted by molar-refractivity contribution is 9.10. The Kier molecular flexibility index (Phi) is 5.29. The molecule has 8 heteroatoms. The molecule has 1 saturated heterocycles. The zero-order chi connectivity index (χ0) is 19.5. The SMILES string of the molecule is COc1ccc(Br)c(C(=O)N2CCN(c3cc(-n4cccc4)ncn3)CC2)c1. The van der Waals surface area contributed by atoms with Gasteiger partial charge in [-0.1, -0.05) is 0 Å². The van der Waals surface area contributed by atoms with E-state index in [4.69, 9.17) is 4.74 Å². The van der Waals surface area contributed by atoms with E-state index < -0.39 is 0 Å². The van der Waals surface area contributed by atoms with Crippen molar-refractivity contribution in [3.05, 3.63) is 65.2 Å². The Morgan fingerprint density at radius 1 is 1.04 bits per heavy atom. The third kappa shape index (κ3) is 3.73. The first-order valence-electron chi connectivity index (χ1n) is 8.99. The van der Waals surface area contributed by atoms with Crippen molar-refractivity contribution in [2.45, 2.75) is 0 Å². The predicted octanol–water partition coefficient (Wildman–Crippen LogP) is 3.00. The minimum Gasteiger partial charge on any atom is -0.497 e. The molecule has 1 fully saturated rings. The summed E-state index contributed by atoms with van der Waals surface area (Å²) in [5, 5.41) is 0. The zero-order valence-corrected chi connectivity index (χ0v) is 17.0. The number of ether oxygens (including phenoxy) is 1. The average Bonchev–Trinajstić information content (AvgIpc) is 3.29. The van der Waals surface area contributed by atoms with E-state index in [1.807, 2.05) is 52.2 Å². The van der Waals surface area contributed by atoms with E-state index in [9.17, 15) is 4.79 Å². The van der Waals surface area contributed by atoms with Crippen molar-refractivity contribution in [3.8, 4) is 11.6 Å². The smallest absolute Gasteiger partial charge is 0.255 e. The average molecular weight is 442 g/mol.